The number of methoxy groups -OCH3 is 1. The van der Waals surface area contributed by atoms with E-state index in [1.807, 2.05) is 12.1 Å². The van der Waals surface area contributed by atoms with Crippen molar-refractivity contribution in [3.8, 4) is 11.3 Å². The van der Waals surface area contributed by atoms with E-state index in [2.05, 4.69) is 35.7 Å². The molecule has 0 radical (unpaired) electrons. The fraction of sp³-hybridized carbons (Fsp3) is 0.360. The Morgan fingerprint density at radius 1 is 1.41 bits per heavy atom. The number of thioether (sulfide) groups is 1. The molecule has 1 aliphatic rings. The Balaban J connectivity index is 1.73. The molecule has 2 aromatic heterocycles. The zero-order valence-corrected chi connectivity index (χ0v) is 20.5. The predicted octanol–water partition coefficient (Wildman–Crippen LogP) is 3.32. The third-order valence-electron chi connectivity index (χ3n) is 5.89. The first-order valence-electron chi connectivity index (χ1n) is 11.1. The zero-order valence-electron chi connectivity index (χ0n) is 19.7. The monoisotopic (exact) mass is 479 g/mol. The summed E-state index contributed by atoms with van der Waals surface area (Å²) >= 11 is 1.49. The van der Waals surface area contributed by atoms with Crippen molar-refractivity contribution in [3.63, 3.8) is 0 Å². The SMILES string of the molecule is C=CCn1c(SCCOC)nc2c(c1=O)C(C)(C)Cc1cc(C(=O)NCc3cnc[nH]3)ccc1-2. The highest BCUT2D eigenvalue weighted by atomic mass is 32.2. The van der Waals surface area contributed by atoms with Crippen molar-refractivity contribution in [1.82, 2.24) is 24.8 Å². The van der Waals surface area contributed by atoms with E-state index in [-0.39, 0.29) is 11.5 Å². The van der Waals surface area contributed by atoms with Crippen molar-refractivity contribution in [3.05, 3.63) is 76.1 Å². The highest BCUT2D eigenvalue weighted by Crippen LogP contribution is 2.41. The first-order valence-corrected chi connectivity index (χ1v) is 12.1. The number of hydrogen-bond donors (Lipinski definition) is 2. The van der Waals surface area contributed by atoms with Crippen LogP contribution < -0.4 is 10.9 Å². The molecule has 2 N–H and O–H groups in total. The Morgan fingerprint density at radius 3 is 2.94 bits per heavy atom. The highest BCUT2D eigenvalue weighted by molar-refractivity contribution is 7.99. The van der Waals surface area contributed by atoms with Crippen LogP contribution in [0, 0.1) is 0 Å². The molecule has 178 valence electrons. The van der Waals surface area contributed by atoms with Crippen molar-refractivity contribution < 1.29 is 9.53 Å². The molecule has 0 saturated heterocycles. The summed E-state index contributed by atoms with van der Waals surface area (Å²) < 4.78 is 6.87. The lowest BCUT2D eigenvalue weighted by Crippen LogP contribution is -2.38. The number of hydrogen-bond acceptors (Lipinski definition) is 6. The summed E-state index contributed by atoms with van der Waals surface area (Å²) in [4.78, 5) is 38.3. The number of carbonyl (C=O) groups excluding carboxylic acids is 1. The molecule has 0 fully saturated rings. The lowest BCUT2D eigenvalue weighted by Gasteiger charge is -2.33. The topological polar surface area (TPSA) is 102 Å². The lowest BCUT2D eigenvalue weighted by atomic mass is 9.72. The van der Waals surface area contributed by atoms with Crippen molar-refractivity contribution in [1.29, 1.82) is 0 Å². The van der Waals surface area contributed by atoms with Gasteiger partial charge in [0.2, 0.25) is 0 Å². The van der Waals surface area contributed by atoms with Crippen LogP contribution in [0.5, 0.6) is 0 Å². The third-order valence-corrected chi connectivity index (χ3v) is 6.83. The Bertz CT molecular complexity index is 1260. The fourth-order valence-electron chi connectivity index (χ4n) is 4.29. The maximum absolute atomic E-state index is 13.6. The van der Waals surface area contributed by atoms with E-state index in [4.69, 9.17) is 9.72 Å². The minimum absolute atomic E-state index is 0.0400. The molecule has 0 bridgehead atoms. The number of H-pyrrole nitrogens is 1. The van der Waals surface area contributed by atoms with E-state index in [1.54, 1.807) is 36.3 Å². The largest absolute Gasteiger partial charge is 0.384 e. The number of carbonyl (C=O) groups is 1. The summed E-state index contributed by atoms with van der Waals surface area (Å²) in [5.41, 5.74) is 4.24. The van der Waals surface area contributed by atoms with Gasteiger partial charge in [0.25, 0.3) is 11.5 Å². The van der Waals surface area contributed by atoms with E-state index in [9.17, 15) is 9.59 Å². The summed E-state index contributed by atoms with van der Waals surface area (Å²) in [6.45, 7) is 9.25. The Labute approximate surface area is 202 Å². The number of allylic oxidation sites excluding steroid dienone is 1. The number of rotatable bonds is 9. The van der Waals surface area contributed by atoms with Gasteiger partial charge in [-0.3, -0.25) is 14.2 Å². The summed E-state index contributed by atoms with van der Waals surface area (Å²) in [5.74, 6) is 0.524. The van der Waals surface area contributed by atoms with E-state index >= 15 is 0 Å². The fourth-order valence-corrected chi connectivity index (χ4v) is 5.19. The molecule has 0 spiro atoms. The van der Waals surface area contributed by atoms with Gasteiger partial charge < -0.3 is 15.0 Å². The molecule has 8 nitrogen and oxygen atoms in total. The van der Waals surface area contributed by atoms with E-state index < -0.39 is 5.41 Å². The van der Waals surface area contributed by atoms with Crippen LogP contribution in [-0.4, -0.2) is 44.9 Å². The van der Waals surface area contributed by atoms with Crippen molar-refractivity contribution >= 4 is 17.7 Å². The summed E-state index contributed by atoms with van der Waals surface area (Å²) in [5, 5.41) is 3.56. The van der Waals surface area contributed by atoms with E-state index in [0.29, 0.717) is 53.8 Å². The van der Waals surface area contributed by atoms with Crippen molar-refractivity contribution in [2.45, 2.75) is 43.9 Å². The zero-order chi connectivity index (χ0) is 24.3. The number of aromatic amines is 1. The minimum Gasteiger partial charge on any atom is -0.384 e. The molecule has 0 atom stereocenters. The quantitative estimate of drug-likeness (QED) is 0.211. The van der Waals surface area contributed by atoms with E-state index in [1.165, 1.54) is 11.8 Å². The average Bonchev–Trinajstić information content (AvgIpc) is 3.32. The highest BCUT2D eigenvalue weighted by Gasteiger charge is 2.36. The molecular weight excluding hydrogens is 450 g/mol. The number of nitrogens with one attached hydrogen (secondary N) is 2. The lowest BCUT2D eigenvalue weighted by molar-refractivity contribution is 0.0950. The standard InChI is InChI=1S/C25H29N5O3S/c1-5-8-30-23(32)20-21(29-24(30)34-10-9-33-4)19-7-6-16(11-17(19)12-25(20,2)3)22(31)27-14-18-13-26-15-28-18/h5-7,11,13,15H,1,8-10,12,14H2,2-4H3,(H,26,28)(H,27,31). The number of imidazole rings is 1. The Hall–Kier alpha value is -3.17. The van der Waals surface area contributed by atoms with Gasteiger partial charge in [-0.2, -0.15) is 0 Å². The van der Waals surface area contributed by atoms with E-state index in [0.717, 1.165) is 16.8 Å². The Morgan fingerprint density at radius 2 is 2.24 bits per heavy atom. The summed E-state index contributed by atoms with van der Waals surface area (Å²) in [6.07, 6.45) is 5.61. The maximum atomic E-state index is 13.6. The minimum atomic E-state index is -0.434. The van der Waals surface area contributed by atoms with Gasteiger partial charge in [-0.15, -0.1) is 6.58 Å². The molecule has 1 aliphatic carbocycles. The van der Waals surface area contributed by atoms with Gasteiger partial charge in [0.05, 0.1) is 30.9 Å². The van der Waals surface area contributed by atoms with Crippen LogP contribution in [0.3, 0.4) is 0 Å². The normalized spacial score (nSPS) is 13.7. The molecule has 34 heavy (non-hydrogen) atoms. The van der Waals surface area contributed by atoms with Gasteiger partial charge in [-0.1, -0.05) is 37.8 Å². The van der Waals surface area contributed by atoms with Crippen LogP contribution in [0.25, 0.3) is 11.3 Å². The van der Waals surface area contributed by atoms with Crippen LogP contribution in [-0.2, 0) is 29.7 Å². The number of amides is 1. The van der Waals surface area contributed by atoms with Gasteiger partial charge in [0, 0.05) is 47.7 Å². The first kappa shape index (κ1) is 24.0. The van der Waals surface area contributed by atoms with Crippen LogP contribution in [0.1, 0.15) is 41.0 Å². The van der Waals surface area contributed by atoms with Gasteiger partial charge in [-0.25, -0.2) is 9.97 Å². The molecule has 1 aromatic carbocycles. The van der Waals surface area contributed by atoms with Crippen molar-refractivity contribution in [2.75, 3.05) is 19.5 Å². The summed E-state index contributed by atoms with van der Waals surface area (Å²) in [6, 6.07) is 5.61. The second-order valence-corrected chi connectivity index (χ2v) is 9.92. The predicted molar refractivity (Wildman–Crippen MR) is 133 cm³/mol. The average molecular weight is 480 g/mol. The molecule has 3 aromatic rings. The van der Waals surface area contributed by atoms with Crippen LogP contribution in [0.15, 0.2) is 53.3 Å². The van der Waals surface area contributed by atoms with Crippen LogP contribution >= 0.6 is 11.8 Å². The maximum Gasteiger partial charge on any atom is 0.258 e. The Kier molecular flexibility index (Phi) is 7.04. The molecular formula is C25H29N5O3S. The second-order valence-electron chi connectivity index (χ2n) is 8.86. The molecule has 4 rings (SSSR count). The molecule has 0 saturated carbocycles. The van der Waals surface area contributed by atoms with Gasteiger partial charge in [0.15, 0.2) is 5.16 Å². The first-order chi connectivity index (χ1) is 16.4. The van der Waals surface area contributed by atoms with Crippen LogP contribution in [0.4, 0.5) is 0 Å². The number of nitrogens with zero attached hydrogens (tertiary/aromatic N) is 3. The number of benzene rings is 1. The molecule has 0 aliphatic heterocycles. The van der Waals surface area contributed by atoms with Gasteiger partial charge in [0.1, 0.15) is 0 Å². The van der Waals surface area contributed by atoms with Crippen LogP contribution in [0.2, 0.25) is 0 Å². The summed E-state index contributed by atoms with van der Waals surface area (Å²) in [7, 11) is 1.65. The van der Waals surface area contributed by atoms with Gasteiger partial charge in [-0.05, 0) is 24.1 Å². The smallest absolute Gasteiger partial charge is 0.258 e. The van der Waals surface area contributed by atoms with Gasteiger partial charge >= 0.3 is 0 Å². The number of aromatic nitrogens is 4. The molecule has 9 heteroatoms. The molecule has 2 heterocycles. The number of ether oxygens (including phenoxy) is 1. The second kappa shape index (κ2) is 9.99. The molecule has 0 unspecified atom stereocenters. The molecule has 1 amide bonds. The van der Waals surface area contributed by atoms with Crippen molar-refractivity contribution in [2.24, 2.45) is 0 Å². The third kappa shape index (κ3) is 4.71. The number of fused-ring (bicyclic) bond motifs is 3.